The molecule has 0 aliphatic heterocycles. The van der Waals surface area contributed by atoms with Crippen LogP contribution in [0.25, 0.3) is 10.2 Å². The summed E-state index contributed by atoms with van der Waals surface area (Å²) >= 11 is 1.67. The molecule has 0 saturated heterocycles. The van der Waals surface area contributed by atoms with Gasteiger partial charge in [-0.15, -0.1) is 11.3 Å². The summed E-state index contributed by atoms with van der Waals surface area (Å²) < 4.78 is 6.87. The summed E-state index contributed by atoms with van der Waals surface area (Å²) in [6, 6.07) is 15.7. The Morgan fingerprint density at radius 1 is 1.22 bits per heavy atom. The smallest absolute Gasteiger partial charge is 0.238 e. The van der Waals surface area contributed by atoms with E-state index in [0.29, 0.717) is 18.0 Å². The molecule has 1 N–H and O–H groups in total. The number of benzene rings is 2. The van der Waals surface area contributed by atoms with Crippen LogP contribution in [0.15, 0.2) is 48.5 Å². The summed E-state index contributed by atoms with van der Waals surface area (Å²) in [5.41, 5.74) is 1.71. The number of likely N-dealkylation sites (N-methyl/N-ethyl adjacent to an activating group) is 1. The highest BCUT2D eigenvalue weighted by atomic mass is 32.1. The minimum absolute atomic E-state index is 0.0553. The molecular formula is C21H25N3O2S. The van der Waals surface area contributed by atoms with Crippen molar-refractivity contribution in [1.82, 2.24) is 9.88 Å². The van der Waals surface area contributed by atoms with E-state index in [0.717, 1.165) is 16.9 Å². The Hall–Kier alpha value is -2.44. The maximum absolute atomic E-state index is 12.5. The first-order valence-corrected chi connectivity index (χ1v) is 9.97. The standard InChI is InChI=1S/C21H25N3O2S/c1-4-13-26-18-11-7-5-9-16(18)22-20(25)14-24(3)15(2)21-23-17-10-6-8-12-19(17)27-21/h5-12,15H,4,13-14H2,1-3H3,(H,22,25)/t15-/m0/s1. The van der Waals surface area contributed by atoms with Crippen molar-refractivity contribution in [1.29, 1.82) is 0 Å². The van der Waals surface area contributed by atoms with Crippen LogP contribution in [-0.2, 0) is 4.79 Å². The predicted molar refractivity (Wildman–Crippen MR) is 112 cm³/mol. The molecule has 1 heterocycles. The molecule has 3 aromatic rings. The Morgan fingerprint density at radius 3 is 2.74 bits per heavy atom. The van der Waals surface area contributed by atoms with Crippen molar-refractivity contribution in [2.75, 3.05) is 25.5 Å². The fraction of sp³-hybridized carbons (Fsp3) is 0.333. The Balaban J connectivity index is 1.63. The second-order valence-electron chi connectivity index (χ2n) is 6.50. The molecule has 2 aromatic carbocycles. The molecule has 5 nitrogen and oxygen atoms in total. The van der Waals surface area contributed by atoms with Crippen molar-refractivity contribution in [2.24, 2.45) is 0 Å². The van der Waals surface area contributed by atoms with Crippen LogP contribution in [0.5, 0.6) is 5.75 Å². The zero-order chi connectivity index (χ0) is 19.2. The fourth-order valence-electron chi connectivity index (χ4n) is 2.72. The summed E-state index contributed by atoms with van der Waals surface area (Å²) in [6.07, 6.45) is 0.921. The van der Waals surface area contributed by atoms with E-state index in [2.05, 4.69) is 25.2 Å². The van der Waals surface area contributed by atoms with Crippen molar-refractivity contribution < 1.29 is 9.53 Å². The molecule has 27 heavy (non-hydrogen) atoms. The first-order valence-electron chi connectivity index (χ1n) is 9.16. The maximum Gasteiger partial charge on any atom is 0.238 e. The van der Waals surface area contributed by atoms with E-state index in [1.54, 1.807) is 11.3 Å². The van der Waals surface area contributed by atoms with E-state index in [4.69, 9.17) is 9.72 Å². The molecule has 0 aliphatic carbocycles. The number of thiazole rings is 1. The van der Waals surface area contributed by atoms with Gasteiger partial charge in [-0.1, -0.05) is 31.2 Å². The third kappa shape index (κ3) is 4.84. The van der Waals surface area contributed by atoms with Gasteiger partial charge in [-0.25, -0.2) is 4.98 Å². The summed E-state index contributed by atoms with van der Waals surface area (Å²) in [5, 5.41) is 3.97. The van der Waals surface area contributed by atoms with Crippen molar-refractivity contribution >= 4 is 33.1 Å². The predicted octanol–water partition coefficient (Wildman–Crippen LogP) is 4.72. The van der Waals surface area contributed by atoms with Crippen molar-refractivity contribution in [3.63, 3.8) is 0 Å². The molecular weight excluding hydrogens is 358 g/mol. The summed E-state index contributed by atoms with van der Waals surface area (Å²) in [5.74, 6) is 0.632. The number of aromatic nitrogens is 1. The van der Waals surface area contributed by atoms with Gasteiger partial charge in [0, 0.05) is 0 Å². The summed E-state index contributed by atoms with van der Waals surface area (Å²) in [7, 11) is 1.94. The SMILES string of the molecule is CCCOc1ccccc1NC(=O)CN(C)[C@@H](C)c1nc2ccccc2s1. The van der Waals surface area contributed by atoms with Crippen LogP contribution in [0.3, 0.4) is 0 Å². The molecule has 0 spiro atoms. The number of ether oxygens (including phenoxy) is 1. The molecule has 142 valence electrons. The van der Waals surface area contributed by atoms with Crippen LogP contribution in [0.1, 0.15) is 31.3 Å². The number of carbonyl (C=O) groups excluding carboxylic acids is 1. The van der Waals surface area contributed by atoms with Crippen LogP contribution >= 0.6 is 11.3 Å². The fourth-order valence-corrected chi connectivity index (χ4v) is 3.80. The number of anilines is 1. The number of rotatable bonds is 8. The normalized spacial score (nSPS) is 12.3. The van der Waals surface area contributed by atoms with Crippen molar-refractivity contribution in [3.8, 4) is 5.75 Å². The lowest BCUT2D eigenvalue weighted by atomic mass is 10.2. The van der Waals surface area contributed by atoms with Gasteiger partial charge in [-0.2, -0.15) is 0 Å². The van der Waals surface area contributed by atoms with Gasteiger partial charge >= 0.3 is 0 Å². The van der Waals surface area contributed by atoms with Crippen LogP contribution in [0.2, 0.25) is 0 Å². The minimum Gasteiger partial charge on any atom is -0.491 e. The quantitative estimate of drug-likeness (QED) is 0.612. The number of carbonyl (C=O) groups is 1. The average molecular weight is 384 g/mol. The lowest BCUT2D eigenvalue weighted by Crippen LogP contribution is -2.32. The largest absolute Gasteiger partial charge is 0.491 e. The maximum atomic E-state index is 12.5. The highest BCUT2D eigenvalue weighted by Crippen LogP contribution is 2.29. The topological polar surface area (TPSA) is 54.5 Å². The van der Waals surface area contributed by atoms with Crippen LogP contribution in [0.4, 0.5) is 5.69 Å². The Bertz CT molecular complexity index is 876. The van der Waals surface area contributed by atoms with Gasteiger partial charge in [-0.05, 0) is 44.7 Å². The van der Waals surface area contributed by atoms with Crippen molar-refractivity contribution in [2.45, 2.75) is 26.3 Å². The van der Waals surface area contributed by atoms with Crippen LogP contribution in [-0.4, -0.2) is 36.0 Å². The Morgan fingerprint density at radius 2 is 1.96 bits per heavy atom. The molecule has 0 bridgehead atoms. The molecule has 0 radical (unpaired) electrons. The number of nitrogens with one attached hydrogen (secondary N) is 1. The third-order valence-electron chi connectivity index (χ3n) is 4.34. The van der Waals surface area contributed by atoms with E-state index >= 15 is 0 Å². The molecule has 0 fully saturated rings. The summed E-state index contributed by atoms with van der Waals surface area (Å²) in [4.78, 5) is 19.2. The second kappa shape index (κ2) is 8.97. The lowest BCUT2D eigenvalue weighted by molar-refractivity contribution is -0.117. The first kappa shape index (κ1) is 19.3. The zero-order valence-corrected chi connectivity index (χ0v) is 16.8. The van der Waals surface area contributed by atoms with E-state index in [-0.39, 0.29) is 18.5 Å². The van der Waals surface area contributed by atoms with Gasteiger partial charge in [-0.3, -0.25) is 9.69 Å². The van der Waals surface area contributed by atoms with E-state index in [9.17, 15) is 4.79 Å². The molecule has 1 amide bonds. The number of hydrogen-bond donors (Lipinski definition) is 1. The number of hydrogen-bond acceptors (Lipinski definition) is 5. The van der Waals surface area contributed by atoms with Crippen molar-refractivity contribution in [3.05, 3.63) is 53.5 Å². The van der Waals surface area contributed by atoms with Crippen LogP contribution < -0.4 is 10.1 Å². The molecule has 0 unspecified atom stereocenters. The number of nitrogens with zero attached hydrogens (tertiary/aromatic N) is 2. The molecule has 6 heteroatoms. The highest BCUT2D eigenvalue weighted by molar-refractivity contribution is 7.18. The second-order valence-corrected chi connectivity index (χ2v) is 7.57. The van der Waals surface area contributed by atoms with Gasteiger partial charge in [0.2, 0.25) is 5.91 Å². The van der Waals surface area contributed by atoms with E-state index in [1.807, 2.05) is 54.4 Å². The minimum atomic E-state index is -0.0713. The zero-order valence-electron chi connectivity index (χ0n) is 15.9. The Labute approximate surface area is 164 Å². The average Bonchev–Trinajstić information content (AvgIpc) is 3.10. The molecule has 0 saturated carbocycles. The Kier molecular flexibility index (Phi) is 6.42. The molecule has 1 atom stereocenters. The third-order valence-corrected chi connectivity index (χ3v) is 5.55. The lowest BCUT2D eigenvalue weighted by Gasteiger charge is -2.22. The number of fused-ring (bicyclic) bond motifs is 1. The van der Waals surface area contributed by atoms with E-state index in [1.165, 1.54) is 4.70 Å². The first-order chi connectivity index (χ1) is 13.1. The van der Waals surface area contributed by atoms with E-state index < -0.39 is 0 Å². The number of amides is 1. The number of para-hydroxylation sites is 3. The highest BCUT2D eigenvalue weighted by Gasteiger charge is 2.19. The van der Waals surface area contributed by atoms with Gasteiger partial charge < -0.3 is 10.1 Å². The van der Waals surface area contributed by atoms with Gasteiger partial charge in [0.15, 0.2) is 0 Å². The molecule has 1 aromatic heterocycles. The monoisotopic (exact) mass is 383 g/mol. The van der Waals surface area contributed by atoms with Gasteiger partial charge in [0.25, 0.3) is 0 Å². The van der Waals surface area contributed by atoms with Crippen LogP contribution in [0, 0.1) is 0 Å². The van der Waals surface area contributed by atoms with Gasteiger partial charge in [0.05, 0.1) is 35.1 Å². The molecule has 3 rings (SSSR count). The summed E-state index contributed by atoms with van der Waals surface area (Å²) in [6.45, 7) is 5.03. The van der Waals surface area contributed by atoms with Gasteiger partial charge in [0.1, 0.15) is 10.8 Å². The molecule has 0 aliphatic rings.